The summed E-state index contributed by atoms with van der Waals surface area (Å²) in [6.07, 6.45) is 62.3. The standard InChI is InChI=1S/C28H39NO2.2C26H42N2.C25H25NO5S3.2C13H10S/c1-5-20(6-2)15-22-10-12-26-25(17-22)19-24-11-9-23(16-21(7-3)8-4)18-27(24)29(26)14-13-28(30)31;2*1-3-5-7-9-11-13-19-27-21-15-25(16-22-27)26-17-23-28(24-18-26)20-14-12-10-8-6-4-2;1-31-19-6-5-17-11-18-12-25-21(14-23(18)32-22(17)13-19)26(8-2-3-9-34(28,29)30)20-7-4-16(15-27)10-24(20)33-25;2*1-3-7-12-10(5-1)9-11-6-2-4-8-13(11)14-12/h9-12,17-18,20-21H,5-8,13-16,19H2,1-4H3,(H,30,31);2*15-18,21-24H,3-14,19-20H2,1-2H3;4-7,10,12-14,27H,2-3,8-9,11,15H2,1H3,(H,28,29,30);2*1-8H,9H2/q;2*+2;;;/p-2. The number of nitrogens with zero attached hydrogens (tertiary/aromatic N) is 6. The number of unbranched alkanes of at least 4 members (excludes halogenated alkanes) is 21. The highest BCUT2D eigenvalue weighted by Gasteiger charge is 2.30. The molecule has 149 heavy (non-hydrogen) atoms. The van der Waals surface area contributed by atoms with Crippen molar-refractivity contribution in [3.05, 3.63) is 341 Å². The Bertz CT molecular complexity index is 5870. The second-order valence-corrected chi connectivity index (χ2v) is 46.7. The summed E-state index contributed by atoms with van der Waals surface area (Å²) in [5.41, 5.74) is 24.2. The number of aryl methyl sites for hydroxylation is 4. The zero-order valence-corrected chi connectivity index (χ0v) is 94.7. The first-order valence-electron chi connectivity index (χ1n) is 56.4. The Morgan fingerprint density at radius 1 is 0.329 bits per heavy atom. The minimum Gasteiger partial charge on any atom is -0.748 e. The first-order chi connectivity index (χ1) is 72.8. The number of hydrogen-bond acceptors (Lipinski definition) is 13. The minimum absolute atomic E-state index is 0.0247. The van der Waals surface area contributed by atoms with E-state index in [0.717, 1.165) is 109 Å². The summed E-state index contributed by atoms with van der Waals surface area (Å²) in [7, 11) is -2.54. The molecule has 0 radical (unpaired) electrons. The van der Waals surface area contributed by atoms with Crippen LogP contribution in [-0.2, 0) is 86.2 Å². The summed E-state index contributed by atoms with van der Waals surface area (Å²) in [5, 5.41) is 20.9. The van der Waals surface area contributed by atoms with Crippen molar-refractivity contribution in [1.82, 2.24) is 0 Å². The van der Waals surface area contributed by atoms with E-state index >= 15 is 0 Å². The van der Waals surface area contributed by atoms with Crippen LogP contribution >= 0.6 is 47.0 Å². The predicted octanol–water partition coefficient (Wildman–Crippen LogP) is 31.8. The van der Waals surface area contributed by atoms with Gasteiger partial charge in [0.1, 0.15) is 31.9 Å². The number of carboxylic acids is 1. The molecule has 9 heterocycles. The van der Waals surface area contributed by atoms with Gasteiger partial charge in [0.25, 0.3) is 0 Å². The molecule has 13 aromatic rings. The number of aliphatic hydroxyl groups is 1. The molecule has 0 amide bonds. The third-order valence-electron chi connectivity index (χ3n) is 29.6. The van der Waals surface area contributed by atoms with Crippen LogP contribution in [0.5, 0.6) is 5.75 Å². The van der Waals surface area contributed by atoms with Gasteiger partial charge in [0.15, 0.2) is 49.6 Å². The molecule has 5 aliphatic heterocycles. The molecule has 0 saturated heterocycles. The van der Waals surface area contributed by atoms with Crippen LogP contribution in [-0.4, -0.2) is 50.0 Å². The molecule has 9 aromatic carbocycles. The SMILES string of the molecule is CCC(CC)Cc1ccc2c(c1)Cc1ccc(CC(CC)CC)cc1N2CCC(=O)[O-].CCCCCCCC[n+]1ccc(-c2cc[n+](CCCCCCCC)cc2)cc1.CCCCCCCC[n+]1ccc(-c2cc[n+](CCCCCCCC)cc2)cc1.COc1ccc2c(c1)Sc1cc3c(cc1C2)Sc1cc(CO)ccc1N3CCCCS(=O)(=O)[O-].c1ccc2c(c1)Cc1ccccc1S2.c1ccc2c(c1)Cc1ccccc1S2. The summed E-state index contributed by atoms with van der Waals surface area (Å²) in [6, 6.07) is 82.9. The number of methoxy groups -OCH3 is 1. The fourth-order valence-corrected chi connectivity index (χ4v) is 25.4. The first-order valence-corrected chi connectivity index (χ1v) is 61.2. The number of fused-ring (bicyclic) bond motifs is 10. The van der Waals surface area contributed by atoms with E-state index in [2.05, 4.69) is 339 Å². The highest BCUT2D eigenvalue weighted by Crippen LogP contribution is 2.53. The zero-order valence-electron chi connectivity index (χ0n) is 90.7. The molecule has 0 fully saturated rings. The van der Waals surface area contributed by atoms with Crippen LogP contribution in [0.25, 0.3) is 22.3 Å². The molecule has 0 bridgehead atoms. The van der Waals surface area contributed by atoms with E-state index < -0.39 is 16.1 Å². The lowest BCUT2D eigenvalue weighted by Gasteiger charge is -2.34. The molecule has 4 aromatic heterocycles. The number of aromatic nitrogens is 4. The average molecular weight is 2100 g/mol. The number of ether oxygens (including phenoxy) is 1. The van der Waals surface area contributed by atoms with Crippen LogP contribution in [0.15, 0.2) is 319 Å². The Morgan fingerprint density at radius 2 is 0.678 bits per heavy atom. The molecule has 0 unspecified atom stereocenters. The van der Waals surface area contributed by atoms with E-state index in [1.54, 1.807) is 30.6 Å². The number of carbonyl (C=O) groups is 1. The molecule has 18 heteroatoms. The third kappa shape index (κ3) is 36.8. The van der Waals surface area contributed by atoms with Gasteiger partial charge in [0.2, 0.25) is 0 Å². The molecule has 0 atom stereocenters. The largest absolute Gasteiger partial charge is 0.748 e. The van der Waals surface area contributed by atoms with Gasteiger partial charge in [-0.1, -0.05) is 340 Å². The molecule has 0 aliphatic carbocycles. The molecule has 1 N–H and O–H groups in total. The number of aliphatic carboxylic acids is 1. The molecule has 13 nitrogen and oxygen atoms in total. The van der Waals surface area contributed by atoms with Crippen LogP contribution in [0.2, 0.25) is 0 Å². The van der Waals surface area contributed by atoms with Gasteiger partial charge in [-0.05, 0) is 239 Å². The van der Waals surface area contributed by atoms with Crippen LogP contribution in [0.3, 0.4) is 0 Å². The first kappa shape index (κ1) is 116. The lowest BCUT2D eigenvalue weighted by Crippen LogP contribution is -2.33. The fourth-order valence-electron chi connectivity index (χ4n) is 20.4. The van der Waals surface area contributed by atoms with Crippen molar-refractivity contribution in [2.75, 3.05) is 35.8 Å². The smallest absolute Gasteiger partial charge is 0.169 e. The summed E-state index contributed by atoms with van der Waals surface area (Å²) in [6.45, 7) is 23.7. The quantitative estimate of drug-likeness (QED) is 0.0219. The molecular weight excluding hydrogens is 1930 g/mol. The zero-order chi connectivity index (χ0) is 105. The lowest BCUT2D eigenvalue weighted by molar-refractivity contribution is -0.697. The highest BCUT2D eigenvalue weighted by atomic mass is 32.2. The maximum Gasteiger partial charge on any atom is 0.169 e. The van der Waals surface area contributed by atoms with E-state index in [1.807, 2.05) is 47.8 Å². The molecule has 5 aliphatic rings. The van der Waals surface area contributed by atoms with Gasteiger partial charge >= 0.3 is 0 Å². The van der Waals surface area contributed by atoms with Crippen molar-refractivity contribution in [1.29, 1.82) is 0 Å². The average Bonchev–Trinajstić information content (AvgIpc) is 0.746. The van der Waals surface area contributed by atoms with Crippen molar-refractivity contribution >= 4 is 85.9 Å². The van der Waals surface area contributed by atoms with Crippen molar-refractivity contribution in [2.24, 2.45) is 11.8 Å². The van der Waals surface area contributed by atoms with E-state index in [9.17, 15) is 28.0 Å². The van der Waals surface area contributed by atoms with Crippen LogP contribution in [0.1, 0.15) is 316 Å². The Hall–Kier alpha value is -10.3. The number of carbonyl (C=O) groups excluding carboxylic acids is 1. The summed E-state index contributed by atoms with van der Waals surface area (Å²) in [4.78, 5) is 25.9. The van der Waals surface area contributed by atoms with E-state index in [0.29, 0.717) is 31.8 Å². The lowest BCUT2D eigenvalue weighted by atomic mass is 9.88. The highest BCUT2D eigenvalue weighted by molar-refractivity contribution is 8.00. The Balaban J connectivity index is 0.000000153. The van der Waals surface area contributed by atoms with E-state index in [1.165, 1.54) is 293 Å². The maximum absolute atomic E-state index is 11.3. The third-order valence-corrected chi connectivity index (χ3v) is 35.2. The number of carboxylic acid groups (broad SMARTS) is 1. The number of anilines is 4. The number of aliphatic hydroxyl groups excluding tert-OH is 1. The summed E-state index contributed by atoms with van der Waals surface area (Å²) < 4.78 is 47.8. The van der Waals surface area contributed by atoms with Crippen molar-refractivity contribution in [3.63, 3.8) is 0 Å². The van der Waals surface area contributed by atoms with E-state index in [-0.39, 0.29) is 18.8 Å². The number of rotatable bonds is 48. The number of benzene rings is 9. The molecule has 0 saturated carbocycles. The van der Waals surface area contributed by atoms with E-state index in [4.69, 9.17) is 4.74 Å². The van der Waals surface area contributed by atoms with Crippen molar-refractivity contribution in [2.45, 2.75) is 365 Å². The number of hydrogen-bond donors (Lipinski definition) is 1. The number of pyridine rings is 4. The fraction of sp³-hybridized carbons (Fsp3) is 0.427. The van der Waals surface area contributed by atoms with Gasteiger partial charge in [-0.2, -0.15) is 0 Å². The molecule has 0 spiro atoms. The van der Waals surface area contributed by atoms with Crippen molar-refractivity contribution in [3.8, 4) is 28.0 Å². The second-order valence-electron chi connectivity index (χ2n) is 40.9. The van der Waals surface area contributed by atoms with Gasteiger partial charge in [0, 0.05) is 162 Å². The topological polar surface area (TPSA) is 149 Å². The Kier molecular flexibility index (Phi) is 48.7. The summed E-state index contributed by atoms with van der Waals surface area (Å²) in [5.74, 6) is 0.908. The molecular formula is C131H166N6O7S5+2. The Morgan fingerprint density at radius 3 is 1.09 bits per heavy atom. The van der Waals surface area contributed by atoms with Crippen LogP contribution in [0, 0.1) is 11.8 Å². The van der Waals surface area contributed by atoms with Crippen LogP contribution < -0.4 is 37.9 Å². The van der Waals surface area contributed by atoms with Gasteiger partial charge in [-0.15, -0.1) is 0 Å². The monoisotopic (exact) mass is 2100 g/mol. The van der Waals surface area contributed by atoms with Gasteiger partial charge < -0.3 is 34.1 Å². The van der Waals surface area contributed by atoms with Gasteiger partial charge in [-0.25, -0.2) is 26.7 Å². The molecule has 790 valence electrons. The van der Waals surface area contributed by atoms with Crippen molar-refractivity contribution < 1.29 is 51.0 Å². The molecule has 18 rings (SSSR count). The normalized spacial score (nSPS) is 12.5. The van der Waals surface area contributed by atoms with Gasteiger partial charge in [0.05, 0.1) is 35.2 Å². The summed E-state index contributed by atoms with van der Waals surface area (Å²) >= 11 is 7.19. The maximum atomic E-state index is 11.3. The predicted molar refractivity (Wildman–Crippen MR) is 619 cm³/mol. The Labute approximate surface area is 911 Å². The second kappa shape index (κ2) is 62.6. The van der Waals surface area contributed by atoms with Gasteiger partial charge in [-0.3, -0.25) is 0 Å². The minimum atomic E-state index is -4.22. The van der Waals surface area contributed by atoms with Crippen LogP contribution in [0.4, 0.5) is 22.7 Å².